The van der Waals surface area contributed by atoms with Gasteiger partial charge < -0.3 is 14.0 Å². The molecule has 0 N–H and O–H groups in total. The third-order valence-electron chi connectivity index (χ3n) is 5.45. The van der Waals surface area contributed by atoms with E-state index in [9.17, 15) is 18.4 Å². The van der Waals surface area contributed by atoms with E-state index >= 15 is 0 Å². The van der Waals surface area contributed by atoms with Crippen LogP contribution in [0.1, 0.15) is 11.1 Å². The summed E-state index contributed by atoms with van der Waals surface area (Å²) in [6.45, 7) is 0.605. The predicted octanol–water partition coefficient (Wildman–Crippen LogP) is 2.51. The van der Waals surface area contributed by atoms with E-state index in [1.54, 1.807) is 35.9 Å². The van der Waals surface area contributed by atoms with Crippen LogP contribution in [0.2, 0.25) is 0 Å². The van der Waals surface area contributed by atoms with Gasteiger partial charge in [0.1, 0.15) is 11.6 Å². The number of halogens is 2. The van der Waals surface area contributed by atoms with Crippen LogP contribution in [0, 0.1) is 11.6 Å². The van der Waals surface area contributed by atoms with Crippen LogP contribution in [-0.4, -0.2) is 31.4 Å². The number of rotatable bonds is 9. The first kappa shape index (κ1) is 23.5. The third kappa shape index (κ3) is 5.13. The number of benzene rings is 2. The summed E-state index contributed by atoms with van der Waals surface area (Å²) in [7, 11) is 2.95. The Balaban J connectivity index is 1.55. The first-order chi connectivity index (χ1) is 16.3. The lowest BCUT2D eigenvalue weighted by atomic mass is 10.2. The Kier molecular flexibility index (Phi) is 6.99. The van der Waals surface area contributed by atoms with Gasteiger partial charge in [0.2, 0.25) is 0 Å². The number of imidazole rings is 1. The highest BCUT2D eigenvalue weighted by atomic mass is 19.1. The number of hydrogen-bond donors (Lipinski definition) is 0. The van der Waals surface area contributed by atoms with Gasteiger partial charge in [0, 0.05) is 14.1 Å². The molecule has 2 aromatic heterocycles. The summed E-state index contributed by atoms with van der Waals surface area (Å²) in [5, 5.41) is 0. The van der Waals surface area contributed by atoms with Crippen molar-refractivity contribution in [2.75, 3.05) is 6.61 Å². The highest BCUT2D eigenvalue weighted by Crippen LogP contribution is 2.13. The topological polar surface area (TPSA) is 80.3 Å². The minimum Gasteiger partial charge on any atom is -0.374 e. The van der Waals surface area contributed by atoms with Gasteiger partial charge in [0.25, 0.3) is 5.56 Å². The Morgan fingerprint density at radius 3 is 2.24 bits per heavy atom. The van der Waals surface area contributed by atoms with E-state index < -0.39 is 17.4 Å². The van der Waals surface area contributed by atoms with Gasteiger partial charge in [-0.05, 0) is 35.4 Å². The third-order valence-corrected chi connectivity index (χ3v) is 5.45. The highest BCUT2D eigenvalue weighted by Gasteiger charge is 2.18. The van der Waals surface area contributed by atoms with Gasteiger partial charge >= 0.3 is 5.69 Å². The Morgan fingerprint density at radius 2 is 1.59 bits per heavy atom. The van der Waals surface area contributed by atoms with E-state index in [2.05, 4.69) is 4.98 Å². The highest BCUT2D eigenvalue weighted by molar-refractivity contribution is 5.69. The molecule has 0 spiro atoms. The Labute approximate surface area is 193 Å². The van der Waals surface area contributed by atoms with Crippen molar-refractivity contribution in [1.29, 1.82) is 0 Å². The van der Waals surface area contributed by atoms with E-state index in [0.717, 1.165) is 4.57 Å². The average molecular weight is 470 g/mol. The van der Waals surface area contributed by atoms with Crippen LogP contribution < -0.4 is 11.2 Å². The van der Waals surface area contributed by atoms with Gasteiger partial charge in [-0.2, -0.15) is 0 Å². The molecule has 0 saturated heterocycles. The molecular weight excluding hydrogens is 446 g/mol. The Hall–Kier alpha value is -3.63. The smallest absolute Gasteiger partial charge is 0.332 e. The van der Waals surface area contributed by atoms with Crippen LogP contribution in [0.25, 0.3) is 11.2 Å². The zero-order valence-corrected chi connectivity index (χ0v) is 18.8. The second-order valence-electron chi connectivity index (χ2n) is 7.98. The normalized spacial score (nSPS) is 12.4. The van der Waals surface area contributed by atoms with Gasteiger partial charge in [-0.15, -0.1) is 0 Å². The fourth-order valence-corrected chi connectivity index (χ4v) is 3.68. The first-order valence-corrected chi connectivity index (χ1v) is 10.6. The number of aryl methyl sites for hydroxylation is 1. The lowest BCUT2D eigenvalue weighted by Gasteiger charge is -2.19. The van der Waals surface area contributed by atoms with Crippen LogP contribution in [0.3, 0.4) is 0 Å². The van der Waals surface area contributed by atoms with Gasteiger partial charge in [-0.25, -0.2) is 18.6 Å². The van der Waals surface area contributed by atoms with Crippen LogP contribution in [-0.2, 0) is 43.3 Å². The fraction of sp³-hybridized carbons (Fsp3) is 0.292. The number of aromatic nitrogens is 4. The molecule has 0 radical (unpaired) electrons. The van der Waals surface area contributed by atoms with Gasteiger partial charge in [0.15, 0.2) is 11.2 Å². The maximum absolute atomic E-state index is 13.6. The van der Waals surface area contributed by atoms with Crippen LogP contribution in [0.4, 0.5) is 8.78 Å². The molecule has 2 aromatic carbocycles. The minimum atomic E-state index is -0.545. The van der Waals surface area contributed by atoms with E-state index in [-0.39, 0.29) is 49.2 Å². The Bertz CT molecular complexity index is 1430. The lowest BCUT2D eigenvalue weighted by molar-refractivity contribution is -0.0369. The molecular formula is C24H24F2N4O4. The summed E-state index contributed by atoms with van der Waals surface area (Å²) >= 11 is 0. The summed E-state index contributed by atoms with van der Waals surface area (Å²) in [4.78, 5) is 29.2. The molecule has 4 rings (SSSR count). The number of nitrogens with zero attached hydrogens (tertiary/aromatic N) is 4. The van der Waals surface area contributed by atoms with Crippen LogP contribution in [0.15, 0.2) is 64.4 Å². The molecule has 0 aliphatic rings. The summed E-state index contributed by atoms with van der Waals surface area (Å²) in [5.41, 5.74) is 0.886. The number of ether oxygens (including phenoxy) is 2. The fourth-order valence-electron chi connectivity index (χ4n) is 3.68. The van der Waals surface area contributed by atoms with Crippen molar-refractivity contribution in [1.82, 2.24) is 18.7 Å². The monoisotopic (exact) mass is 470 g/mol. The van der Waals surface area contributed by atoms with Crippen molar-refractivity contribution >= 4 is 11.2 Å². The molecule has 0 aliphatic carbocycles. The van der Waals surface area contributed by atoms with Crippen LogP contribution >= 0.6 is 0 Å². The first-order valence-electron chi connectivity index (χ1n) is 10.6. The van der Waals surface area contributed by atoms with Crippen molar-refractivity contribution < 1.29 is 18.3 Å². The molecule has 8 nitrogen and oxygen atoms in total. The molecule has 0 fully saturated rings. The molecule has 1 atom stereocenters. The quantitative estimate of drug-likeness (QED) is 0.376. The second-order valence-corrected chi connectivity index (χ2v) is 7.98. The summed E-state index contributed by atoms with van der Waals surface area (Å²) in [6, 6.07) is 12.2. The molecule has 0 saturated carbocycles. The van der Waals surface area contributed by atoms with Gasteiger partial charge in [-0.3, -0.25) is 13.9 Å². The zero-order chi connectivity index (χ0) is 24.2. The number of hydrogen-bond acceptors (Lipinski definition) is 5. The van der Waals surface area contributed by atoms with E-state index in [4.69, 9.17) is 9.47 Å². The maximum atomic E-state index is 13.6. The zero-order valence-electron chi connectivity index (χ0n) is 18.8. The number of fused-ring (bicyclic) bond motifs is 1. The van der Waals surface area contributed by atoms with Gasteiger partial charge in [0.05, 0.1) is 38.8 Å². The predicted molar refractivity (Wildman–Crippen MR) is 121 cm³/mol. The van der Waals surface area contributed by atoms with Crippen molar-refractivity contribution in [3.05, 3.63) is 98.5 Å². The van der Waals surface area contributed by atoms with Gasteiger partial charge in [-0.1, -0.05) is 24.3 Å². The SMILES string of the molecule is Cn1c(=O)c2c(ncn2CC(COCc2cccc(F)c2)OCc2cccc(F)c2)n(C)c1=O. The van der Waals surface area contributed by atoms with Crippen molar-refractivity contribution in [3.8, 4) is 0 Å². The standard InChI is InChI=1S/C24H24F2N4O4/c1-28-22-21(23(31)29(2)24(28)32)30(15-27-22)11-20(34-13-17-6-4-8-19(26)10-17)14-33-12-16-5-3-7-18(25)9-16/h3-10,15,20H,11-14H2,1-2H3. The summed E-state index contributed by atoms with van der Waals surface area (Å²) in [6.07, 6.45) is 0.924. The molecule has 0 amide bonds. The van der Waals surface area contributed by atoms with Crippen molar-refractivity contribution in [2.45, 2.75) is 25.9 Å². The maximum Gasteiger partial charge on any atom is 0.332 e. The second kappa shape index (κ2) is 10.1. The van der Waals surface area contributed by atoms with E-state index in [0.29, 0.717) is 11.1 Å². The van der Waals surface area contributed by atoms with Crippen molar-refractivity contribution in [2.24, 2.45) is 14.1 Å². The molecule has 1 unspecified atom stereocenters. The lowest BCUT2D eigenvalue weighted by Crippen LogP contribution is -2.38. The molecule has 10 heteroatoms. The van der Waals surface area contributed by atoms with E-state index in [1.165, 1.54) is 42.2 Å². The molecule has 34 heavy (non-hydrogen) atoms. The van der Waals surface area contributed by atoms with Crippen LogP contribution in [0.5, 0.6) is 0 Å². The molecule has 178 valence electrons. The molecule has 0 aliphatic heterocycles. The molecule has 0 bridgehead atoms. The molecule has 2 heterocycles. The molecule has 4 aromatic rings. The Morgan fingerprint density at radius 1 is 0.941 bits per heavy atom. The summed E-state index contributed by atoms with van der Waals surface area (Å²) in [5.74, 6) is -0.726. The van der Waals surface area contributed by atoms with E-state index in [1.807, 2.05) is 0 Å². The van der Waals surface area contributed by atoms with Crippen molar-refractivity contribution in [3.63, 3.8) is 0 Å². The average Bonchev–Trinajstić information content (AvgIpc) is 3.23. The minimum absolute atomic E-state index is 0.120. The largest absolute Gasteiger partial charge is 0.374 e. The summed E-state index contributed by atoms with van der Waals surface area (Å²) < 4.78 is 42.7.